The predicted octanol–water partition coefficient (Wildman–Crippen LogP) is 1.64. The first kappa shape index (κ1) is 10.9. The quantitative estimate of drug-likeness (QED) is 0.623. The lowest BCUT2D eigenvalue weighted by Gasteiger charge is -2.12. The fourth-order valence-corrected chi connectivity index (χ4v) is 1.78. The monoisotopic (exact) mass is 222 g/mol. The molecule has 1 aromatic rings. The highest BCUT2D eigenvalue weighted by atomic mass is 16.6. The van der Waals surface area contributed by atoms with E-state index in [0.717, 1.165) is 25.1 Å². The molecule has 0 spiro atoms. The molecule has 16 heavy (non-hydrogen) atoms. The average Bonchev–Trinajstić information content (AvgIpc) is 2.73. The zero-order valence-electron chi connectivity index (χ0n) is 9.10. The molecule has 1 aliphatic heterocycles. The molecule has 0 aromatic heterocycles. The van der Waals surface area contributed by atoms with E-state index in [1.54, 1.807) is 6.07 Å². The summed E-state index contributed by atoms with van der Waals surface area (Å²) < 4.78 is 5.62. The molecule has 1 atom stereocenters. The van der Waals surface area contributed by atoms with Gasteiger partial charge >= 0.3 is 5.69 Å². The normalized spacial score (nSPS) is 19.7. The van der Waals surface area contributed by atoms with Crippen LogP contribution >= 0.6 is 0 Å². The third-order valence-corrected chi connectivity index (χ3v) is 2.62. The number of nitro benzene ring substituents is 1. The van der Waals surface area contributed by atoms with Crippen LogP contribution < -0.4 is 10.1 Å². The summed E-state index contributed by atoms with van der Waals surface area (Å²) in [6, 6.07) is 5.04. The predicted molar refractivity (Wildman–Crippen MR) is 59.7 cm³/mol. The van der Waals surface area contributed by atoms with Crippen molar-refractivity contribution in [1.82, 2.24) is 5.32 Å². The van der Waals surface area contributed by atoms with Crippen LogP contribution in [-0.4, -0.2) is 24.1 Å². The van der Waals surface area contributed by atoms with E-state index in [4.69, 9.17) is 4.74 Å². The summed E-state index contributed by atoms with van der Waals surface area (Å²) in [5.74, 6) is 0.365. The van der Waals surface area contributed by atoms with Crippen molar-refractivity contribution in [3.05, 3.63) is 33.9 Å². The van der Waals surface area contributed by atoms with Crippen LogP contribution in [0.25, 0.3) is 0 Å². The van der Waals surface area contributed by atoms with Gasteiger partial charge in [-0.1, -0.05) is 6.07 Å². The maximum Gasteiger partial charge on any atom is 0.311 e. The van der Waals surface area contributed by atoms with Crippen LogP contribution in [0, 0.1) is 17.0 Å². The van der Waals surface area contributed by atoms with Gasteiger partial charge in [0.05, 0.1) is 4.92 Å². The zero-order valence-corrected chi connectivity index (χ0v) is 9.10. The van der Waals surface area contributed by atoms with E-state index in [1.165, 1.54) is 6.07 Å². The van der Waals surface area contributed by atoms with Crippen LogP contribution in [0.2, 0.25) is 0 Å². The van der Waals surface area contributed by atoms with Crippen LogP contribution in [0.4, 0.5) is 5.69 Å². The Morgan fingerprint density at radius 2 is 2.38 bits per heavy atom. The van der Waals surface area contributed by atoms with Gasteiger partial charge in [0.1, 0.15) is 6.10 Å². The van der Waals surface area contributed by atoms with Crippen molar-refractivity contribution in [1.29, 1.82) is 0 Å². The molecule has 1 aliphatic rings. The molecule has 0 saturated carbocycles. The zero-order chi connectivity index (χ0) is 11.5. The Hall–Kier alpha value is -1.62. The van der Waals surface area contributed by atoms with Crippen LogP contribution in [0.1, 0.15) is 12.0 Å². The lowest BCUT2D eigenvalue weighted by Crippen LogP contribution is -2.20. The molecule has 1 saturated heterocycles. The molecule has 2 rings (SSSR count). The molecule has 1 heterocycles. The number of ether oxygens (including phenoxy) is 1. The summed E-state index contributed by atoms with van der Waals surface area (Å²) in [5.41, 5.74) is 0.912. The number of benzene rings is 1. The maximum absolute atomic E-state index is 10.9. The number of hydrogen-bond acceptors (Lipinski definition) is 4. The lowest BCUT2D eigenvalue weighted by molar-refractivity contribution is -0.386. The van der Waals surface area contributed by atoms with Crippen molar-refractivity contribution in [3.8, 4) is 5.75 Å². The van der Waals surface area contributed by atoms with Crippen molar-refractivity contribution in [3.63, 3.8) is 0 Å². The van der Waals surface area contributed by atoms with Crippen molar-refractivity contribution in [2.75, 3.05) is 13.1 Å². The van der Waals surface area contributed by atoms with E-state index in [1.807, 2.05) is 13.0 Å². The Morgan fingerprint density at radius 3 is 3.00 bits per heavy atom. The van der Waals surface area contributed by atoms with Crippen molar-refractivity contribution < 1.29 is 9.66 Å². The van der Waals surface area contributed by atoms with Crippen molar-refractivity contribution >= 4 is 5.69 Å². The molecule has 86 valence electrons. The first-order valence-electron chi connectivity index (χ1n) is 5.29. The second-order valence-electron chi connectivity index (χ2n) is 3.96. The number of aryl methyl sites for hydroxylation is 1. The molecule has 5 heteroatoms. The van der Waals surface area contributed by atoms with E-state index >= 15 is 0 Å². The smallest absolute Gasteiger partial charge is 0.311 e. The third kappa shape index (κ3) is 2.30. The Morgan fingerprint density at radius 1 is 1.56 bits per heavy atom. The molecule has 5 nitrogen and oxygen atoms in total. The molecule has 1 N–H and O–H groups in total. The van der Waals surface area contributed by atoms with Crippen molar-refractivity contribution in [2.24, 2.45) is 0 Å². The van der Waals surface area contributed by atoms with Crippen molar-refractivity contribution in [2.45, 2.75) is 19.4 Å². The molecule has 0 aliphatic carbocycles. The second kappa shape index (κ2) is 4.49. The van der Waals surface area contributed by atoms with Crippen LogP contribution in [0.15, 0.2) is 18.2 Å². The summed E-state index contributed by atoms with van der Waals surface area (Å²) >= 11 is 0. The lowest BCUT2D eigenvalue weighted by atomic mass is 10.2. The van der Waals surface area contributed by atoms with Gasteiger partial charge in [0.25, 0.3) is 0 Å². The number of hydrogen-bond donors (Lipinski definition) is 1. The molecular formula is C11H14N2O3. The first-order valence-corrected chi connectivity index (χ1v) is 5.29. The summed E-state index contributed by atoms with van der Waals surface area (Å²) in [5, 5.41) is 14.0. The third-order valence-electron chi connectivity index (χ3n) is 2.62. The Balaban J connectivity index is 2.21. The van der Waals surface area contributed by atoms with E-state index in [0.29, 0.717) is 5.75 Å². The molecule has 0 radical (unpaired) electrons. The van der Waals surface area contributed by atoms with Crippen LogP contribution in [-0.2, 0) is 0 Å². The van der Waals surface area contributed by atoms with Gasteiger partial charge in [-0.3, -0.25) is 10.1 Å². The summed E-state index contributed by atoms with van der Waals surface area (Å²) in [6.07, 6.45) is 0.937. The van der Waals surface area contributed by atoms with E-state index in [-0.39, 0.29) is 11.8 Å². The topological polar surface area (TPSA) is 64.4 Å². The Kier molecular flexibility index (Phi) is 3.05. The van der Waals surface area contributed by atoms with Crippen LogP contribution in [0.5, 0.6) is 5.75 Å². The highest BCUT2D eigenvalue weighted by Gasteiger charge is 2.21. The SMILES string of the molecule is Cc1ccc(O[C@@H]2CCNC2)c([N+](=O)[O-])c1. The summed E-state index contributed by atoms with van der Waals surface area (Å²) in [6.45, 7) is 3.49. The van der Waals surface area contributed by atoms with Crippen LogP contribution in [0.3, 0.4) is 0 Å². The minimum absolute atomic E-state index is 0.0430. The van der Waals surface area contributed by atoms with E-state index in [9.17, 15) is 10.1 Å². The highest BCUT2D eigenvalue weighted by molar-refractivity contribution is 5.48. The highest BCUT2D eigenvalue weighted by Crippen LogP contribution is 2.29. The van der Waals surface area contributed by atoms with E-state index in [2.05, 4.69) is 5.32 Å². The first-order chi connectivity index (χ1) is 7.66. The molecular weight excluding hydrogens is 208 g/mol. The number of rotatable bonds is 3. The van der Waals surface area contributed by atoms with Gasteiger partial charge in [-0.2, -0.15) is 0 Å². The molecule has 0 unspecified atom stereocenters. The standard InChI is InChI=1S/C11H14N2O3/c1-8-2-3-11(10(6-8)13(14)15)16-9-4-5-12-7-9/h2-3,6,9,12H,4-5,7H2,1H3/t9-/m1/s1. The molecule has 1 aromatic carbocycles. The van der Waals surface area contributed by atoms with Gasteiger partial charge in [-0.05, 0) is 31.5 Å². The number of nitro groups is 1. The maximum atomic E-state index is 10.9. The molecule has 1 fully saturated rings. The molecule has 0 bridgehead atoms. The largest absolute Gasteiger partial charge is 0.482 e. The fraction of sp³-hybridized carbons (Fsp3) is 0.455. The Labute approximate surface area is 93.6 Å². The van der Waals surface area contributed by atoms with Gasteiger partial charge < -0.3 is 10.1 Å². The van der Waals surface area contributed by atoms with Gasteiger partial charge in [-0.25, -0.2) is 0 Å². The van der Waals surface area contributed by atoms with Gasteiger partial charge in [0, 0.05) is 12.6 Å². The second-order valence-corrected chi connectivity index (χ2v) is 3.96. The van der Waals surface area contributed by atoms with Gasteiger partial charge in [0.2, 0.25) is 0 Å². The van der Waals surface area contributed by atoms with E-state index < -0.39 is 4.92 Å². The minimum atomic E-state index is -0.398. The Bertz CT molecular complexity index is 400. The number of nitrogens with zero attached hydrogens (tertiary/aromatic N) is 1. The fourth-order valence-electron chi connectivity index (χ4n) is 1.78. The average molecular weight is 222 g/mol. The van der Waals surface area contributed by atoms with Gasteiger partial charge in [0.15, 0.2) is 5.75 Å². The minimum Gasteiger partial charge on any atom is -0.482 e. The van der Waals surface area contributed by atoms with Gasteiger partial charge in [-0.15, -0.1) is 0 Å². The summed E-state index contributed by atoms with van der Waals surface area (Å²) in [7, 11) is 0. The summed E-state index contributed by atoms with van der Waals surface area (Å²) in [4.78, 5) is 10.5. The number of nitrogens with one attached hydrogen (secondary N) is 1. The molecule has 0 amide bonds.